The lowest BCUT2D eigenvalue weighted by molar-refractivity contribution is -0.393. The summed E-state index contributed by atoms with van der Waals surface area (Å²) in [5.74, 6) is -1.55. The maximum atomic E-state index is 13.3. The molecule has 0 bridgehead atoms. The van der Waals surface area contributed by atoms with Gasteiger partial charge in [0.05, 0.1) is 35.4 Å². The van der Waals surface area contributed by atoms with Crippen LogP contribution in [0.2, 0.25) is 0 Å². The molecule has 0 radical (unpaired) electrons. The van der Waals surface area contributed by atoms with Crippen molar-refractivity contribution < 1.29 is 84.3 Å². The normalized spacial score (nSPS) is 55.6. The number of carbonyl (C=O) groups is 2. The van der Waals surface area contributed by atoms with Crippen LogP contribution in [-0.2, 0) is 33.3 Å². The molecular weight excluding hydrogens is 680 g/mol. The first-order valence-corrected chi connectivity index (χ1v) is 17.8. The van der Waals surface area contributed by atoms with Gasteiger partial charge < -0.3 is 79.5 Å². The van der Waals surface area contributed by atoms with Crippen LogP contribution < -0.4 is 0 Å². The monoisotopic (exact) mass is 730 g/mol. The van der Waals surface area contributed by atoms with Crippen molar-refractivity contribution in [2.24, 2.45) is 28.6 Å². The third-order valence-corrected chi connectivity index (χ3v) is 13.9. The minimum absolute atomic E-state index is 0.0253. The van der Waals surface area contributed by atoms with Crippen molar-refractivity contribution in [2.45, 2.75) is 143 Å². The van der Waals surface area contributed by atoms with Gasteiger partial charge in [0, 0.05) is 24.3 Å². The molecule has 4 aliphatic carbocycles. The fraction of sp³-hybridized carbons (Fsp3) is 0.882. The van der Waals surface area contributed by atoms with Gasteiger partial charge in [0.1, 0.15) is 55.6 Å². The zero-order chi connectivity index (χ0) is 36.8. The minimum atomic E-state index is -1.97. The van der Waals surface area contributed by atoms with Crippen molar-refractivity contribution in [1.82, 2.24) is 0 Å². The number of cyclic esters (lactones) is 1. The zero-order valence-corrected chi connectivity index (χ0v) is 28.2. The number of carbonyl (C=O) groups excluding carboxylic acids is 2. The standard InChI is InChI=1S/C34H50O17/c1-31-5-2-17-18(34(31,46)7-4-16(31)14-8-21(38)47-12-14)3-6-32(45)10-15(9-20(37)33(17,32)13-36)48-30-27(24(41)25(42)28(44)51-30)50-29-26(43)23(40)22(39)19(11-35)49-29/h8,13,15-20,22-30,35,37,39-46H,2-7,9-12H2,1H3/t15-,16+,17-,18+,19+,20?,22+,23-,24+,25+,26+,27+,28+,29-,30+,31+,32-,33+,34-/m0/s1. The first-order chi connectivity index (χ1) is 24.0. The molecule has 7 aliphatic rings. The van der Waals surface area contributed by atoms with Crippen molar-refractivity contribution in [2.75, 3.05) is 13.2 Å². The van der Waals surface area contributed by atoms with Crippen LogP contribution in [0.15, 0.2) is 11.6 Å². The molecule has 7 rings (SSSR count). The topological polar surface area (TPSA) is 283 Å². The molecule has 1 unspecified atom stereocenters. The van der Waals surface area contributed by atoms with Crippen molar-refractivity contribution in [3.63, 3.8) is 0 Å². The highest BCUT2D eigenvalue weighted by Gasteiger charge is 2.73. The molecule has 51 heavy (non-hydrogen) atoms. The highest BCUT2D eigenvalue weighted by Crippen LogP contribution is 2.70. The second kappa shape index (κ2) is 13.3. The number of fused-ring (bicyclic) bond motifs is 5. The highest BCUT2D eigenvalue weighted by atomic mass is 16.8. The van der Waals surface area contributed by atoms with Crippen LogP contribution in [0.1, 0.15) is 58.3 Å². The average molecular weight is 731 g/mol. The van der Waals surface area contributed by atoms with Gasteiger partial charge in [-0.25, -0.2) is 4.79 Å². The SMILES string of the molecule is C[C@]12CC[C@H]3[C@@H](CC[C@]4(O)C[C@@H](O[C@@H]5O[C@@H](O)[C@H](O)[C@@H](O)[C@H]5O[C@@H]5O[C@H](CO)[C@@H](O)[C@H](O)[C@H]5O)CC(O)[C@@]34C=O)[C@@]1(O)CC[C@@H]2C1=CC(=O)OC1. The van der Waals surface area contributed by atoms with E-state index in [1.54, 1.807) is 0 Å². The first-order valence-electron chi connectivity index (χ1n) is 17.8. The minimum Gasteiger partial charge on any atom is -0.458 e. The van der Waals surface area contributed by atoms with E-state index in [4.69, 9.17) is 23.7 Å². The van der Waals surface area contributed by atoms with E-state index < -0.39 is 120 Å². The van der Waals surface area contributed by atoms with Crippen LogP contribution in [0, 0.1) is 28.6 Å². The summed E-state index contributed by atoms with van der Waals surface area (Å²) in [4.78, 5) is 25.2. The van der Waals surface area contributed by atoms with E-state index in [1.807, 2.05) is 6.92 Å². The summed E-state index contributed by atoms with van der Waals surface area (Å²) < 4.78 is 27.8. The van der Waals surface area contributed by atoms with Gasteiger partial charge in [-0.1, -0.05) is 6.92 Å². The van der Waals surface area contributed by atoms with Gasteiger partial charge in [0.25, 0.3) is 0 Å². The smallest absolute Gasteiger partial charge is 0.331 e. The molecule has 0 aromatic rings. The predicted molar refractivity (Wildman–Crippen MR) is 165 cm³/mol. The van der Waals surface area contributed by atoms with Gasteiger partial charge in [0.15, 0.2) is 18.9 Å². The zero-order valence-electron chi connectivity index (χ0n) is 28.2. The Bertz CT molecular complexity index is 1380. The Labute approximate surface area is 293 Å². The number of ether oxygens (including phenoxy) is 5. The lowest BCUT2D eigenvalue weighted by Crippen LogP contribution is -2.73. The van der Waals surface area contributed by atoms with E-state index in [9.17, 15) is 60.7 Å². The summed E-state index contributed by atoms with van der Waals surface area (Å²) in [7, 11) is 0. The Hall–Kier alpha value is -1.68. The van der Waals surface area contributed by atoms with Crippen LogP contribution in [0.4, 0.5) is 0 Å². The Morgan fingerprint density at radius 2 is 1.59 bits per heavy atom. The first kappa shape index (κ1) is 37.6. The number of hydrogen-bond acceptors (Lipinski definition) is 17. The summed E-state index contributed by atoms with van der Waals surface area (Å²) in [6, 6.07) is 0. The number of esters is 1. The van der Waals surface area contributed by atoms with E-state index in [0.29, 0.717) is 38.4 Å². The molecule has 17 nitrogen and oxygen atoms in total. The Morgan fingerprint density at radius 1 is 0.863 bits per heavy atom. The Morgan fingerprint density at radius 3 is 2.25 bits per heavy atom. The van der Waals surface area contributed by atoms with Crippen LogP contribution in [0.5, 0.6) is 0 Å². The van der Waals surface area contributed by atoms with Crippen molar-refractivity contribution >= 4 is 12.3 Å². The maximum Gasteiger partial charge on any atom is 0.331 e. The summed E-state index contributed by atoms with van der Waals surface area (Å²) in [6.45, 7) is 1.42. The second-order valence-corrected chi connectivity index (χ2v) is 16.0. The number of hydrogen-bond donors (Lipinski definition) is 10. The van der Waals surface area contributed by atoms with Crippen molar-refractivity contribution in [1.29, 1.82) is 0 Å². The molecule has 0 amide bonds. The number of aliphatic hydroxyl groups is 10. The number of aliphatic hydroxyl groups excluding tert-OH is 8. The number of aldehydes is 1. The van der Waals surface area contributed by atoms with Crippen molar-refractivity contribution in [3.05, 3.63) is 11.6 Å². The molecule has 0 spiro atoms. The van der Waals surface area contributed by atoms with Gasteiger partial charge in [0.2, 0.25) is 0 Å². The van der Waals surface area contributed by atoms with E-state index in [2.05, 4.69) is 0 Å². The average Bonchev–Trinajstić information content (AvgIpc) is 3.64. The van der Waals surface area contributed by atoms with Gasteiger partial charge >= 0.3 is 5.97 Å². The van der Waals surface area contributed by atoms with Gasteiger partial charge in [-0.2, -0.15) is 0 Å². The van der Waals surface area contributed by atoms with E-state index in [1.165, 1.54) is 6.08 Å². The summed E-state index contributed by atoms with van der Waals surface area (Å²) >= 11 is 0. The van der Waals surface area contributed by atoms with Gasteiger partial charge in [-0.05, 0) is 61.9 Å². The molecule has 10 N–H and O–H groups in total. The van der Waals surface area contributed by atoms with Crippen LogP contribution in [-0.4, -0.2) is 162 Å². The molecule has 0 aromatic heterocycles. The summed E-state index contributed by atoms with van der Waals surface area (Å²) in [6.07, 6.45) is -16.3. The summed E-state index contributed by atoms with van der Waals surface area (Å²) in [5.41, 5.74) is -4.51. The molecule has 17 heteroatoms. The molecule has 288 valence electrons. The predicted octanol–water partition coefficient (Wildman–Crippen LogP) is -3.53. The Kier molecular flexibility index (Phi) is 9.79. The fourth-order valence-corrected chi connectivity index (χ4v) is 11.1. The van der Waals surface area contributed by atoms with Crippen LogP contribution in [0.25, 0.3) is 0 Å². The molecular formula is C34H50O17. The maximum absolute atomic E-state index is 13.3. The van der Waals surface area contributed by atoms with Gasteiger partial charge in [-0.3, -0.25) is 0 Å². The molecule has 2 saturated heterocycles. The Balaban J connectivity index is 1.11. The second-order valence-electron chi connectivity index (χ2n) is 16.0. The molecule has 3 aliphatic heterocycles. The fourth-order valence-electron chi connectivity index (χ4n) is 11.1. The number of rotatable bonds is 7. The molecule has 4 saturated carbocycles. The van der Waals surface area contributed by atoms with Crippen LogP contribution >= 0.6 is 0 Å². The van der Waals surface area contributed by atoms with E-state index >= 15 is 0 Å². The molecule has 19 atom stereocenters. The van der Waals surface area contributed by atoms with Crippen LogP contribution in [0.3, 0.4) is 0 Å². The lowest BCUT2D eigenvalue weighted by Gasteiger charge is -2.66. The summed E-state index contributed by atoms with van der Waals surface area (Å²) in [5, 5.41) is 109. The lowest BCUT2D eigenvalue weighted by atomic mass is 9.41. The van der Waals surface area contributed by atoms with E-state index in [0.717, 1.165) is 5.57 Å². The van der Waals surface area contributed by atoms with E-state index in [-0.39, 0.29) is 31.8 Å². The molecule has 3 heterocycles. The third kappa shape index (κ3) is 5.50. The quantitative estimate of drug-likeness (QED) is 0.0690. The van der Waals surface area contributed by atoms with Gasteiger partial charge in [-0.15, -0.1) is 0 Å². The largest absolute Gasteiger partial charge is 0.458 e. The molecule has 6 fully saturated rings. The highest BCUT2D eigenvalue weighted by molar-refractivity contribution is 5.85. The molecule has 0 aromatic carbocycles. The van der Waals surface area contributed by atoms with Crippen molar-refractivity contribution in [3.8, 4) is 0 Å². The third-order valence-electron chi connectivity index (χ3n) is 13.9.